The first-order chi connectivity index (χ1) is 9.63. The highest BCUT2D eigenvalue weighted by atomic mass is 35.5. The highest BCUT2D eigenvalue weighted by Gasteiger charge is 2.20. The highest BCUT2D eigenvalue weighted by molar-refractivity contribution is 6.31. The van der Waals surface area contributed by atoms with Gasteiger partial charge in [-0.05, 0) is 24.6 Å². The van der Waals surface area contributed by atoms with Crippen LogP contribution < -0.4 is 9.47 Å². The minimum absolute atomic E-state index is 0.464. The summed E-state index contributed by atoms with van der Waals surface area (Å²) < 4.78 is 11.4. The van der Waals surface area contributed by atoms with Crippen molar-refractivity contribution in [1.82, 2.24) is 0 Å². The van der Waals surface area contributed by atoms with Crippen molar-refractivity contribution in [3.8, 4) is 11.5 Å². The third-order valence-electron chi connectivity index (χ3n) is 3.61. The maximum atomic E-state index is 6.20. The molecule has 3 rings (SSSR count). The Balaban J connectivity index is 1.73. The van der Waals surface area contributed by atoms with Crippen LogP contribution in [0.15, 0.2) is 36.4 Å². The average Bonchev–Trinajstić information content (AvgIpc) is 2.79. The first kappa shape index (κ1) is 13.3. The molecule has 0 N–H and O–H groups in total. The second-order valence-electron chi connectivity index (χ2n) is 5.30. The first-order valence-corrected chi connectivity index (χ1v) is 7.16. The lowest BCUT2D eigenvalue weighted by Gasteiger charge is -2.10. The summed E-state index contributed by atoms with van der Waals surface area (Å²) in [4.78, 5) is 0. The largest absolute Gasteiger partial charge is 0.493 e. The maximum Gasteiger partial charge on any atom is 0.126 e. The molecule has 3 heteroatoms. The van der Waals surface area contributed by atoms with Crippen molar-refractivity contribution < 1.29 is 9.47 Å². The lowest BCUT2D eigenvalue weighted by molar-refractivity contribution is 0.301. The third kappa shape index (κ3) is 2.61. The Morgan fingerprint density at radius 1 is 1.25 bits per heavy atom. The van der Waals surface area contributed by atoms with E-state index in [1.165, 1.54) is 5.56 Å². The summed E-state index contributed by atoms with van der Waals surface area (Å²) in [6, 6.07) is 12.0. The second-order valence-corrected chi connectivity index (χ2v) is 5.70. The molecule has 0 aromatic heterocycles. The van der Waals surface area contributed by atoms with E-state index in [0.29, 0.717) is 12.5 Å². The average molecular weight is 289 g/mol. The van der Waals surface area contributed by atoms with Gasteiger partial charge in [-0.15, -0.1) is 0 Å². The summed E-state index contributed by atoms with van der Waals surface area (Å²) in [6.45, 7) is 5.41. The van der Waals surface area contributed by atoms with E-state index in [1.807, 2.05) is 37.3 Å². The molecule has 0 spiro atoms. The summed E-state index contributed by atoms with van der Waals surface area (Å²) in [6.07, 6.45) is 0. The summed E-state index contributed by atoms with van der Waals surface area (Å²) >= 11 is 6.20. The number of aryl methyl sites for hydroxylation is 1. The standard InChI is InChI=1S/C17H17ClO2/c1-11-3-4-13(16(18)7-11)10-19-14-5-6-15-12(2)9-20-17(15)8-14/h3-8,12H,9-10H2,1-2H3. The molecule has 1 atom stereocenters. The Bertz CT molecular complexity index is 637. The summed E-state index contributed by atoms with van der Waals surface area (Å²) in [7, 11) is 0. The van der Waals surface area contributed by atoms with E-state index >= 15 is 0 Å². The van der Waals surface area contributed by atoms with Gasteiger partial charge in [0.15, 0.2) is 0 Å². The SMILES string of the molecule is Cc1ccc(COc2ccc3c(c2)OCC3C)c(Cl)c1. The monoisotopic (exact) mass is 288 g/mol. The van der Waals surface area contributed by atoms with Crippen LogP contribution in [0.2, 0.25) is 5.02 Å². The van der Waals surface area contributed by atoms with E-state index < -0.39 is 0 Å². The van der Waals surface area contributed by atoms with Gasteiger partial charge in [0.2, 0.25) is 0 Å². The molecule has 2 aromatic rings. The number of hydrogen-bond acceptors (Lipinski definition) is 2. The third-order valence-corrected chi connectivity index (χ3v) is 3.96. The zero-order valence-electron chi connectivity index (χ0n) is 11.7. The molecule has 0 saturated heterocycles. The Kier molecular flexibility index (Phi) is 3.58. The van der Waals surface area contributed by atoms with Crippen LogP contribution in [0.1, 0.15) is 29.5 Å². The van der Waals surface area contributed by atoms with Crippen LogP contribution in [0.25, 0.3) is 0 Å². The van der Waals surface area contributed by atoms with Crippen LogP contribution in [-0.4, -0.2) is 6.61 Å². The van der Waals surface area contributed by atoms with Gasteiger partial charge in [-0.3, -0.25) is 0 Å². The van der Waals surface area contributed by atoms with Crippen molar-refractivity contribution in [2.45, 2.75) is 26.4 Å². The van der Waals surface area contributed by atoms with Crippen molar-refractivity contribution in [2.24, 2.45) is 0 Å². The molecule has 0 amide bonds. The van der Waals surface area contributed by atoms with Crippen LogP contribution in [0.4, 0.5) is 0 Å². The van der Waals surface area contributed by atoms with Gasteiger partial charge in [-0.1, -0.05) is 36.7 Å². The van der Waals surface area contributed by atoms with Crippen LogP contribution in [0.5, 0.6) is 11.5 Å². The molecule has 0 fully saturated rings. The van der Waals surface area contributed by atoms with Crippen molar-refractivity contribution >= 4 is 11.6 Å². The van der Waals surface area contributed by atoms with Crippen molar-refractivity contribution in [2.75, 3.05) is 6.61 Å². The van der Waals surface area contributed by atoms with Gasteiger partial charge in [-0.25, -0.2) is 0 Å². The Morgan fingerprint density at radius 3 is 2.90 bits per heavy atom. The lowest BCUT2D eigenvalue weighted by atomic mass is 10.0. The van der Waals surface area contributed by atoms with Gasteiger partial charge in [0.05, 0.1) is 6.61 Å². The van der Waals surface area contributed by atoms with E-state index in [9.17, 15) is 0 Å². The van der Waals surface area contributed by atoms with Gasteiger partial charge in [0.25, 0.3) is 0 Å². The predicted octanol–water partition coefficient (Wildman–Crippen LogP) is 4.72. The smallest absolute Gasteiger partial charge is 0.126 e. The van der Waals surface area contributed by atoms with E-state index in [4.69, 9.17) is 21.1 Å². The highest BCUT2D eigenvalue weighted by Crippen LogP contribution is 2.36. The molecule has 0 bridgehead atoms. The summed E-state index contributed by atoms with van der Waals surface area (Å²) in [5.41, 5.74) is 3.40. The second kappa shape index (κ2) is 5.37. The zero-order chi connectivity index (χ0) is 14.1. The predicted molar refractivity (Wildman–Crippen MR) is 80.9 cm³/mol. The molecular weight excluding hydrogens is 272 g/mol. The fraction of sp³-hybridized carbons (Fsp3) is 0.294. The number of ether oxygens (including phenoxy) is 2. The number of benzene rings is 2. The first-order valence-electron chi connectivity index (χ1n) is 6.78. The van der Waals surface area contributed by atoms with E-state index in [2.05, 4.69) is 13.0 Å². The minimum Gasteiger partial charge on any atom is -0.493 e. The number of halogens is 1. The molecule has 0 aliphatic carbocycles. The van der Waals surface area contributed by atoms with Gasteiger partial charge in [0.1, 0.15) is 18.1 Å². The topological polar surface area (TPSA) is 18.5 Å². The molecule has 1 unspecified atom stereocenters. The molecule has 2 nitrogen and oxygen atoms in total. The van der Waals surface area contributed by atoms with E-state index in [-0.39, 0.29) is 0 Å². The van der Waals surface area contributed by atoms with E-state index in [0.717, 1.165) is 34.3 Å². The fourth-order valence-electron chi connectivity index (χ4n) is 2.37. The van der Waals surface area contributed by atoms with Gasteiger partial charge >= 0.3 is 0 Å². The van der Waals surface area contributed by atoms with E-state index in [1.54, 1.807) is 0 Å². The molecule has 0 saturated carbocycles. The van der Waals surface area contributed by atoms with Crippen LogP contribution in [0.3, 0.4) is 0 Å². The van der Waals surface area contributed by atoms with Crippen molar-refractivity contribution in [3.05, 3.63) is 58.1 Å². The quantitative estimate of drug-likeness (QED) is 0.813. The Labute approximate surface area is 124 Å². The van der Waals surface area contributed by atoms with Gasteiger partial charge in [-0.2, -0.15) is 0 Å². The number of fused-ring (bicyclic) bond motifs is 1. The zero-order valence-corrected chi connectivity index (χ0v) is 12.4. The number of hydrogen-bond donors (Lipinski definition) is 0. The molecule has 1 aliphatic rings. The molecule has 0 radical (unpaired) electrons. The molecule has 1 aliphatic heterocycles. The Morgan fingerprint density at radius 2 is 2.10 bits per heavy atom. The van der Waals surface area contributed by atoms with Crippen LogP contribution >= 0.6 is 11.6 Å². The van der Waals surface area contributed by atoms with Crippen molar-refractivity contribution in [1.29, 1.82) is 0 Å². The van der Waals surface area contributed by atoms with Gasteiger partial charge in [0, 0.05) is 28.1 Å². The summed E-state index contributed by atoms with van der Waals surface area (Å²) in [5, 5.41) is 0.746. The summed E-state index contributed by atoms with van der Waals surface area (Å²) in [5.74, 6) is 2.21. The van der Waals surface area contributed by atoms with Crippen LogP contribution in [-0.2, 0) is 6.61 Å². The molecule has 20 heavy (non-hydrogen) atoms. The minimum atomic E-state index is 0.464. The molecular formula is C17H17ClO2. The Hall–Kier alpha value is -1.67. The van der Waals surface area contributed by atoms with Gasteiger partial charge < -0.3 is 9.47 Å². The molecule has 1 heterocycles. The fourth-order valence-corrected chi connectivity index (χ4v) is 2.66. The van der Waals surface area contributed by atoms with Crippen molar-refractivity contribution in [3.63, 3.8) is 0 Å². The molecule has 2 aromatic carbocycles. The molecule has 104 valence electrons. The van der Waals surface area contributed by atoms with Crippen LogP contribution in [0, 0.1) is 6.92 Å². The normalized spacial score (nSPS) is 16.6. The lowest BCUT2D eigenvalue weighted by Crippen LogP contribution is -1.97. The number of rotatable bonds is 3. The maximum absolute atomic E-state index is 6.20.